The number of nitrogens with one attached hydrogen (secondary N) is 1. The molecule has 0 saturated carbocycles. The van der Waals surface area contributed by atoms with Crippen LogP contribution in [0.5, 0.6) is 0 Å². The van der Waals surface area contributed by atoms with Crippen molar-refractivity contribution < 1.29 is 4.79 Å². The molecule has 2 aromatic rings. The summed E-state index contributed by atoms with van der Waals surface area (Å²) in [5, 5.41) is 11.6. The van der Waals surface area contributed by atoms with Crippen molar-refractivity contribution in [1.82, 2.24) is 10.2 Å². The van der Waals surface area contributed by atoms with Crippen molar-refractivity contribution in [3.05, 3.63) is 48.0 Å². The Bertz CT molecular complexity index is 654. The summed E-state index contributed by atoms with van der Waals surface area (Å²) in [6.07, 6.45) is 6.95. The topological polar surface area (TPSA) is 54.9 Å². The van der Waals surface area contributed by atoms with Crippen LogP contribution in [-0.4, -0.2) is 16.1 Å². The Kier molecular flexibility index (Phi) is 5.24. The van der Waals surface area contributed by atoms with Crippen LogP contribution in [0, 0.1) is 5.92 Å². The van der Waals surface area contributed by atoms with Crippen LogP contribution in [0.25, 0.3) is 0 Å². The number of amides is 1. The van der Waals surface area contributed by atoms with E-state index in [0.29, 0.717) is 17.5 Å². The van der Waals surface area contributed by atoms with Crippen molar-refractivity contribution in [2.75, 3.05) is 5.32 Å². The van der Waals surface area contributed by atoms with Gasteiger partial charge in [-0.1, -0.05) is 65.6 Å². The minimum Gasteiger partial charge on any atom is -0.300 e. The Morgan fingerprint density at radius 2 is 2.18 bits per heavy atom. The van der Waals surface area contributed by atoms with Gasteiger partial charge < -0.3 is 5.32 Å². The van der Waals surface area contributed by atoms with Crippen molar-refractivity contribution in [1.29, 1.82) is 0 Å². The SMILES string of the molecule is O=C(CC1C=CCC1)Nc1nnc(SCc2ccccc2)s1. The number of allylic oxidation sites excluding steroid dienone is 2. The van der Waals surface area contributed by atoms with E-state index >= 15 is 0 Å². The van der Waals surface area contributed by atoms with Crippen LogP contribution in [0.1, 0.15) is 24.8 Å². The Morgan fingerprint density at radius 1 is 1.32 bits per heavy atom. The van der Waals surface area contributed by atoms with Gasteiger partial charge in [-0.25, -0.2) is 0 Å². The maximum atomic E-state index is 11.9. The van der Waals surface area contributed by atoms with Gasteiger partial charge in [0.1, 0.15) is 0 Å². The average molecular weight is 331 g/mol. The molecule has 1 atom stereocenters. The van der Waals surface area contributed by atoms with Gasteiger partial charge in [-0.15, -0.1) is 10.2 Å². The van der Waals surface area contributed by atoms with E-state index in [1.807, 2.05) is 18.2 Å². The minimum atomic E-state index is 0.0207. The van der Waals surface area contributed by atoms with Gasteiger partial charge in [0.2, 0.25) is 11.0 Å². The van der Waals surface area contributed by atoms with E-state index in [0.717, 1.165) is 22.9 Å². The molecule has 1 aliphatic carbocycles. The van der Waals surface area contributed by atoms with Crippen LogP contribution >= 0.6 is 23.1 Å². The van der Waals surface area contributed by atoms with Crippen molar-refractivity contribution in [2.24, 2.45) is 5.92 Å². The lowest BCUT2D eigenvalue weighted by Crippen LogP contribution is -2.14. The summed E-state index contributed by atoms with van der Waals surface area (Å²) in [6.45, 7) is 0. The monoisotopic (exact) mass is 331 g/mol. The van der Waals surface area contributed by atoms with E-state index in [-0.39, 0.29) is 5.91 Å². The Morgan fingerprint density at radius 3 is 2.95 bits per heavy atom. The molecule has 0 spiro atoms. The number of rotatable bonds is 6. The predicted octanol–water partition coefficient (Wildman–Crippen LogP) is 4.13. The number of hydrogen-bond acceptors (Lipinski definition) is 5. The van der Waals surface area contributed by atoms with E-state index in [4.69, 9.17) is 0 Å². The smallest absolute Gasteiger partial charge is 0.226 e. The number of benzene rings is 1. The quantitative estimate of drug-likeness (QED) is 0.491. The summed E-state index contributed by atoms with van der Waals surface area (Å²) in [4.78, 5) is 11.9. The Hall–Kier alpha value is -1.66. The zero-order valence-electron chi connectivity index (χ0n) is 12.1. The van der Waals surface area contributed by atoms with E-state index in [2.05, 4.69) is 39.8 Å². The number of carbonyl (C=O) groups is 1. The Balaban J connectivity index is 1.48. The normalized spacial score (nSPS) is 16.8. The highest BCUT2D eigenvalue weighted by Gasteiger charge is 2.15. The Labute approximate surface area is 138 Å². The summed E-state index contributed by atoms with van der Waals surface area (Å²) in [5.74, 6) is 1.25. The molecule has 3 rings (SSSR count). The zero-order chi connectivity index (χ0) is 15.2. The standard InChI is InChI=1S/C16H17N3OS2/c20-14(10-12-6-4-5-7-12)17-15-18-19-16(22-15)21-11-13-8-2-1-3-9-13/h1-4,6,8-9,12H,5,7,10-11H2,(H,17,18,20). The summed E-state index contributed by atoms with van der Waals surface area (Å²) < 4.78 is 0.875. The number of anilines is 1. The molecule has 1 aromatic heterocycles. The van der Waals surface area contributed by atoms with Crippen molar-refractivity contribution in [2.45, 2.75) is 29.4 Å². The second-order valence-corrected chi connectivity index (χ2v) is 7.37. The van der Waals surface area contributed by atoms with Crippen molar-refractivity contribution in [3.63, 3.8) is 0 Å². The van der Waals surface area contributed by atoms with Gasteiger partial charge in [-0.2, -0.15) is 0 Å². The fourth-order valence-corrected chi connectivity index (χ4v) is 4.04. The van der Waals surface area contributed by atoms with Crippen LogP contribution in [0.4, 0.5) is 5.13 Å². The molecule has 0 saturated heterocycles. The molecule has 114 valence electrons. The highest BCUT2D eigenvalue weighted by Crippen LogP contribution is 2.28. The lowest BCUT2D eigenvalue weighted by atomic mass is 10.1. The molecule has 1 heterocycles. The van der Waals surface area contributed by atoms with E-state index in [9.17, 15) is 4.79 Å². The number of thioether (sulfide) groups is 1. The molecule has 1 N–H and O–H groups in total. The molecular formula is C16H17N3OS2. The first kappa shape index (κ1) is 15.2. The summed E-state index contributed by atoms with van der Waals surface area (Å²) >= 11 is 3.07. The van der Waals surface area contributed by atoms with Crippen LogP contribution in [0.3, 0.4) is 0 Å². The first-order valence-corrected chi connectivity index (χ1v) is 9.06. The molecule has 1 unspecified atom stereocenters. The highest BCUT2D eigenvalue weighted by molar-refractivity contribution is 8.00. The molecular weight excluding hydrogens is 314 g/mol. The summed E-state index contributed by atoms with van der Waals surface area (Å²) in [5.41, 5.74) is 1.25. The van der Waals surface area contributed by atoms with E-state index in [1.165, 1.54) is 16.9 Å². The maximum Gasteiger partial charge on any atom is 0.226 e. The first-order chi connectivity index (χ1) is 10.8. The van der Waals surface area contributed by atoms with Crippen LogP contribution in [-0.2, 0) is 10.5 Å². The third-order valence-corrected chi connectivity index (χ3v) is 5.46. The summed E-state index contributed by atoms with van der Waals surface area (Å²) in [6, 6.07) is 10.2. The third-order valence-electron chi connectivity index (χ3n) is 3.42. The molecule has 1 aromatic carbocycles. The lowest BCUT2D eigenvalue weighted by Gasteiger charge is -2.05. The molecule has 1 aliphatic rings. The van der Waals surface area contributed by atoms with Gasteiger partial charge in [-0.3, -0.25) is 4.79 Å². The molecule has 0 radical (unpaired) electrons. The second kappa shape index (κ2) is 7.56. The average Bonchev–Trinajstić information content (AvgIpc) is 3.18. The molecule has 0 bridgehead atoms. The van der Waals surface area contributed by atoms with Crippen molar-refractivity contribution in [3.8, 4) is 0 Å². The summed E-state index contributed by atoms with van der Waals surface area (Å²) in [7, 11) is 0. The molecule has 4 nitrogen and oxygen atoms in total. The van der Waals surface area contributed by atoms with Gasteiger partial charge in [0.05, 0.1) is 0 Å². The van der Waals surface area contributed by atoms with Crippen molar-refractivity contribution >= 4 is 34.1 Å². The van der Waals surface area contributed by atoms with Gasteiger partial charge in [0.15, 0.2) is 4.34 Å². The minimum absolute atomic E-state index is 0.0207. The fraction of sp³-hybridized carbons (Fsp3) is 0.312. The number of hydrogen-bond donors (Lipinski definition) is 1. The van der Waals surface area contributed by atoms with Gasteiger partial charge in [0, 0.05) is 12.2 Å². The molecule has 1 amide bonds. The molecule has 0 aliphatic heterocycles. The van der Waals surface area contributed by atoms with Gasteiger partial charge in [-0.05, 0) is 24.3 Å². The van der Waals surface area contributed by atoms with Gasteiger partial charge >= 0.3 is 0 Å². The predicted molar refractivity (Wildman–Crippen MR) is 91.0 cm³/mol. The fourth-order valence-electron chi connectivity index (χ4n) is 2.31. The molecule has 6 heteroatoms. The third kappa shape index (κ3) is 4.42. The van der Waals surface area contributed by atoms with Gasteiger partial charge in [0.25, 0.3) is 0 Å². The van der Waals surface area contributed by atoms with Crippen LogP contribution < -0.4 is 5.32 Å². The lowest BCUT2D eigenvalue weighted by molar-refractivity contribution is -0.116. The molecule has 0 fully saturated rings. The highest BCUT2D eigenvalue weighted by atomic mass is 32.2. The maximum absolute atomic E-state index is 11.9. The number of carbonyl (C=O) groups excluding carboxylic acids is 1. The van der Waals surface area contributed by atoms with Crippen LogP contribution in [0.2, 0.25) is 0 Å². The molecule has 22 heavy (non-hydrogen) atoms. The first-order valence-electron chi connectivity index (χ1n) is 7.26. The second-order valence-electron chi connectivity index (χ2n) is 5.17. The van der Waals surface area contributed by atoms with E-state index < -0.39 is 0 Å². The zero-order valence-corrected chi connectivity index (χ0v) is 13.7. The number of nitrogens with zero attached hydrogens (tertiary/aromatic N) is 2. The van der Waals surface area contributed by atoms with Crippen LogP contribution in [0.15, 0.2) is 46.8 Å². The number of aromatic nitrogens is 2. The van der Waals surface area contributed by atoms with E-state index in [1.54, 1.807) is 11.8 Å². The largest absolute Gasteiger partial charge is 0.300 e.